The maximum absolute atomic E-state index is 5.15. The molecule has 2 nitrogen and oxygen atoms in total. The van der Waals surface area contributed by atoms with Gasteiger partial charge in [-0.1, -0.05) is 5.16 Å². The molecule has 0 radical (unpaired) electrons. The van der Waals surface area contributed by atoms with Gasteiger partial charge in [-0.3, -0.25) is 0 Å². The fourth-order valence-electron chi connectivity index (χ4n) is 1.11. The standard InChI is InChI=1S/C6H9NO/c1-5-4-6(2-3-6)8-7-5/h2-4H2,1H3. The van der Waals surface area contributed by atoms with E-state index in [9.17, 15) is 0 Å². The second kappa shape index (κ2) is 1.07. The van der Waals surface area contributed by atoms with E-state index in [2.05, 4.69) is 5.16 Å². The van der Waals surface area contributed by atoms with Crippen LogP contribution >= 0.6 is 0 Å². The van der Waals surface area contributed by atoms with Gasteiger partial charge in [0.25, 0.3) is 0 Å². The van der Waals surface area contributed by atoms with E-state index in [1.165, 1.54) is 12.8 Å². The second-order valence-corrected chi connectivity index (χ2v) is 2.78. The Hall–Kier alpha value is -0.530. The van der Waals surface area contributed by atoms with Crippen molar-refractivity contribution >= 4 is 5.71 Å². The van der Waals surface area contributed by atoms with Crippen LogP contribution in [-0.2, 0) is 4.84 Å². The largest absolute Gasteiger partial charge is 0.389 e. The van der Waals surface area contributed by atoms with Crippen molar-refractivity contribution in [3.63, 3.8) is 0 Å². The summed E-state index contributed by atoms with van der Waals surface area (Å²) in [5.74, 6) is 0. The van der Waals surface area contributed by atoms with Crippen molar-refractivity contribution in [3.8, 4) is 0 Å². The van der Waals surface area contributed by atoms with E-state index in [1.54, 1.807) is 0 Å². The Morgan fingerprint density at radius 2 is 2.38 bits per heavy atom. The Bertz CT molecular complexity index is 147. The average Bonchev–Trinajstić information content (AvgIpc) is 2.34. The molecule has 0 bridgehead atoms. The topological polar surface area (TPSA) is 21.6 Å². The Morgan fingerprint density at radius 1 is 1.62 bits per heavy atom. The lowest BCUT2D eigenvalue weighted by atomic mass is 10.2. The normalized spacial score (nSPS) is 29.9. The zero-order valence-corrected chi connectivity index (χ0v) is 4.98. The van der Waals surface area contributed by atoms with E-state index in [1.807, 2.05) is 6.92 Å². The zero-order valence-electron chi connectivity index (χ0n) is 4.98. The highest BCUT2D eigenvalue weighted by atomic mass is 16.7. The number of rotatable bonds is 0. The summed E-state index contributed by atoms with van der Waals surface area (Å²) in [6, 6.07) is 0. The van der Waals surface area contributed by atoms with E-state index in [0.717, 1.165) is 12.1 Å². The van der Waals surface area contributed by atoms with Crippen molar-refractivity contribution in [2.45, 2.75) is 31.8 Å². The van der Waals surface area contributed by atoms with Crippen LogP contribution in [0.2, 0.25) is 0 Å². The van der Waals surface area contributed by atoms with Gasteiger partial charge in [-0.25, -0.2) is 0 Å². The molecule has 1 heterocycles. The molecule has 0 aromatic rings. The third-order valence-electron chi connectivity index (χ3n) is 1.78. The molecule has 1 spiro atoms. The average molecular weight is 111 g/mol. The molecule has 2 aliphatic rings. The molecule has 2 heteroatoms. The zero-order chi connectivity index (χ0) is 5.61. The molecule has 0 atom stereocenters. The molecular formula is C6H9NO. The van der Waals surface area contributed by atoms with Crippen LogP contribution < -0.4 is 0 Å². The molecule has 1 aliphatic heterocycles. The smallest absolute Gasteiger partial charge is 0.143 e. The summed E-state index contributed by atoms with van der Waals surface area (Å²) in [5, 5.41) is 3.87. The third-order valence-corrected chi connectivity index (χ3v) is 1.78. The minimum Gasteiger partial charge on any atom is -0.389 e. The third kappa shape index (κ3) is 0.457. The minimum atomic E-state index is 0.212. The quantitative estimate of drug-likeness (QED) is 0.462. The summed E-state index contributed by atoms with van der Waals surface area (Å²) in [6.45, 7) is 2.02. The van der Waals surface area contributed by atoms with Crippen LogP contribution in [0.15, 0.2) is 5.16 Å². The Balaban J connectivity index is 2.12. The monoisotopic (exact) mass is 111 g/mol. The van der Waals surface area contributed by atoms with Crippen molar-refractivity contribution in [2.75, 3.05) is 0 Å². The van der Waals surface area contributed by atoms with Gasteiger partial charge in [-0.15, -0.1) is 0 Å². The molecule has 0 unspecified atom stereocenters. The SMILES string of the molecule is CC1=NOC2(CC2)C1. The molecule has 0 amide bonds. The van der Waals surface area contributed by atoms with Gasteiger partial charge < -0.3 is 4.84 Å². The fourth-order valence-corrected chi connectivity index (χ4v) is 1.11. The number of hydrogen-bond donors (Lipinski definition) is 0. The maximum Gasteiger partial charge on any atom is 0.143 e. The Labute approximate surface area is 48.5 Å². The molecule has 0 saturated heterocycles. The summed E-state index contributed by atoms with van der Waals surface area (Å²) in [4.78, 5) is 5.15. The molecule has 0 aromatic heterocycles. The van der Waals surface area contributed by atoms with E-state index in [0.29, 0.717) is 0 Å². The minimum absolute atomic E-state index is 0.212. The summed E-state index contributed by atoms with van der Waals surface area (Å²) >= 11 is 0. The summed E-state index contributed by atoms with van der Waals surface area (Å²) in [7, 11) is 0. The first-order valence-electron chi connectivity index (χ1n) is 3.02. The lowest BCUT2D eigenvalue weighted by molar-refractivity contribution is 0.0650. The predicted octanol–water partition coefficient (Wildman–Crippen LogP) is 1.32. The van der Waals surface area contributed by atoms with Gasteiger partial charge in [0.15, 0.2) is 0 Å². The van der Waals surface area contributed by atoms with Gasteiger partial charge in [-0.05, 0) is 19.8 Å². The van der Waals surface area contributed by atoms with Gasteiger partial charge in [-0.2, -0.15) is 0 Å². The van der Waals surface area contributed by atoms with Crippen molar-refractivity contribution in [1.82, 2.24) is 0 Å². The van der Waals surface area contributed by atoms with Gasteiger partial charge in [0.1, 0.15) is 5.60 Å². The molecule has 1 fully saturated rings. The molecule has 1 saturated carbocycles. The highest BCUT2D eigenvalue weighted by Crippen LogP contribution is 2.45. The van der Waals surface area contributed by atoms with E-state index in [-0.39, 0.29) is 5.60 Å². The van der Waals surface area contributed by atoms with E-state index in [4.69, 9.17) is 4.84 Å². The lowest BCUT2D eigenvalue weighted by Crippen LogP contribution is -2.05. The van der Waals surface area contributed by atoms with Crippen LogP contribution in [0.5, 0.6) is 0 Å². The predicted molar refractivity (Wildman–Crippen MR) is 30.8 cm³/mol. The number of hydrogen-bond acceptors (Lipinski definition) is 2. The maximum atomic E-state index is 5.15. The van der Waals surface area contributed by atoms with Crippen LogP contribution in [0.4, 0.5) is 0 Å². The second-order valence-electron chi connectivity index (χ2n) is 2.78. The molecular weight excluding hydrogens is 102 g/mol. The van der Waals surface area contributed by atoms with Crippen LogP contribution in [0, 0.1) is 0 Å². The first kappa shape index (κ1) is 4.36. The molecule has 8 heavy (non-hydrogen) atoms. The Morgan fingerprint density at radius 3 is 2.62 bits per heavy atom. The summed E-state index contributed by atoms with van der Waals surface area (Å²) in [5.41, 5.74) is 1.37. The highest BCUT2D eigenvalue weighted by Gasteiger charge is 2.49. The lowest BCUT2D eigenvalue weighted by Gasteiger charge is -1.99. The number of nitrogens with zero attached hydrogens (tertiary/aromatic N) is 1. The van der Waals surface area contributed by atoms with Crippen LogP contribution in [0.25, 0.3) is 0 Å². The van der Waals surface area contributed by atoms with Gasteiger partial charge in [0.2, 0.25) is 0 Å². The molecule has 44 valence electrons. The molecule has 0 aromatic carbocycles. The Kier molecular flexibility index (Phi) is 0.581. The van der Waals surface area contributed by atoms with E-state index >= 15 is 0 Å². The summed E-state index contributed by atoms with van der Waals surface area (Å²) in [6.07, 6.45) is 3.51. The first-order valence-corrected chi connectivity index (χ1v) is 3.02. The van der Waals surface area contributed by atoms with E-state index < -0.39 is 0 Å². The fraction of sp³-hybridized carbons (Fsp3) is 0.833. The van der Waals surface area contributed by atoms with Crippen molar-refractivity contribution in [3.05, 3.63) is 0 Å². The van der Waals surface area contributed by atoms with Crippen LogP contribution in [0.3, 0.4) is 0 Å². The van der Waals surface area contributed by atoms with Crippen LogP contribution in [-0.4, -0.2) is 11.3 Å². The molecule has 0 N–H and O–H groups in total. The highest BCUT2D eigenvalue weighted by molar-refractivity contribution is 5.84. The van der Waals surface area contributed by atoms with Crippen molar-refractivity contribution < 1.29 is 4.84 Å². The van der Waals surface area contributed by atoms with Gasteiger partial charge >= 0.3 is 0 Å². The molecule has 1 aliphatic carbocycles. The van der Waals surface area contributed by atoms with Gasteiger partial charge in [0.05, 0.1) is 5.71 Å². The number of oxime groups is 1. The van der Waals surface area contributed by atoms with Crippen molar-refractivity contribution in [2.24, 2.45) is 5.16 Å². The first-order chi connectivity index (χ1) is 3.81. The molecule has 2 rings (SSSR count). The van der Waals surface area contributed by atoms with Crippen molar-refractivity contribution in [1.29, 1.82) is 0 Å². The summed E-state index contributed by atoms with van der Waals surface area (Å²) < 4.78 is 0. The van der Waals surface area contributed by atoms with Gasteiger partial charge in [0, 0.05) is 6.42 Å². The van der Waals surface area contributed by atoms with Crippen LogP contribution in [0.1, 0.15) is 26.2 Å².